The topological polar surface area (TPSA) is 97.5 Å². The molecule has 1 aromatic heterocycles. The summed E-state index contributed by atoms with van der Waals surface area (Å²) in [6.07, 6.45) is 6.09. The maximum atomic E-state index is 12.9. The van der Waals surface area contributed by atoms with Crippen LogP contribution in [0.25, 0.3) is 0 Å². The maximum Gasteiger partial charge on any atom is 0.282 e. The maximum absolute atomic E-state index is 12.9. The van der Waals surface area contributed by atoms with Gasteiger partial charge in [-0.05, 0) is 51.7 Å². The molecule has 0 saturated carbocycles. The molecule has 3 fully saturated rings. The van der Waals surface area contributed by atoms with E-state index in [0.717, 1.165) is 38.8 Å². The molecule has 3 aliphatic heterocycles. The highest BCUT2D eigenvalue weighted by Crippen LogP contribution is 2.22. The number of piperidine rings is 1. The number of rotatable bonds is 6. The van der Waals surface area contributed by atoms with Crippen LogP contribution in [-0.4, -0.2) is 84.3 Å². The summed E-state index contributed by atoms with van der Waals surface area (Å²) in [6, 6.07) is 1.39. The molecule has 0 atom stereocenters. The van der Waals surface area contributed by atoms with E-state index in [9.17, 15) is 18.3 Å². The zero-order valence-electron chi connectivity index (χ0n) is 18.2. The van der Waals surface area contributed by atoms with Gasteiger partial charge in [-0.1, -0.05) is 6.42 Å². The number of hydrogen-bond donors (Lipinski definition) is 1. The molecule has 0 amide bonds. The van der Waals surface area contributed by atoms with Crippen LogP contribution in [0.1, 0.15) is 50.0 Å². The van der Waals surface area contributed by atoms with Crippen LogP contribution < -0.4 is 5.43 Å². The highest BCUT2D eigenvalue weighted by Gasteiger charge is 2.33. The molecular formula is C21H34N4O5S. The molecule has 0 aromatic carbocycles. The minimum atomic E-state index is -3.41. The summed E-state index contributed by atoms with van der Waals surface area (Å²) in [4.78, 5) is 16.6. The normalized spacial score (nSPS) is 23.2. The van der Waals surface area contributed by atoms with Crippen LogP contribution in [-0.2, 0) is 23.3 Å². The lowest BCUT2D eigenvalue weighted by atomic mass is 10.1. The summed E-state index contributed by atoms with van der Waals surface area (Å²) in [6.45, 7) is 6.17. The molecular weight excluding hydrogens is 420 g/mol. The molecule has 0 radical (unpaired) electrons. The van der Waals surface area contributed by atoms with Crippen molar-refractivity contribution in [2.24, 2.45) is 0 Å². The summed E-state index contributed by atoms with van der Waals surface area (Å²) in [5.41, 5.74) is -0.415. The molecule has 0 aliphatic carbocycles. The van der Waals surface area contributed by atoms with Crippen LogP contribution in [0, 0.1) is 0 Å². The molecule has 31 heavy (non-hydrogen) atoms. The quantitative estimate of drug-likeness (QED) is 0.689. The van der Waals surface area contributed by atoms with Crippen LogP contribution in [0.15, 0.2) is 15.3 Å². The summed E-state index contributed by atoms with van der Waals surface area (Å²) < 4.78 is 34.8. The molecule has 10 heteroatoms. The van der Waals surface area contributed by atoms with Crippen LogP contribution in [0.4, 0.5) is 0 Å². The van der Waals surface area contributed by atoms with Gasteiger partial charge in [0.2, 0.25) is 11.2 Å². The van der Waals surface area contributed by atoms with Gasteiger partial charge in [0.05, 0.1) is 13.1 Å². The molecule has 3 aliphatic rings. The molecule has 4 heterocycles. The van der Waals surface area contributed by atoms with Crippen LogP contribution in [0.2, 0.25) is 0 Å². The van der Waals surface area contributed by atoms with Crippen molar-refractivity contribution in [3.63, 3.8) is 0 Å². The Labute approximate surface area is 184 Å². The molecule has 0 unspecified atom stereocenters. The smallest absolute Gasteiger partial charge is 0.282 e. The van der Waals surface area contributed by atoms with Crippen molar-refractivity contribution in [3.8, 4) is 5.75 Å². The van der Waals surface area contributed by atoms with Gasteiger partial charge in [-0.2, -0.15) is 17.0 Å². The second kappa shape index (κ2) is 9.99. The number of likely N-dealkylation sites (tertiary alicyclic amines) is 1. The van der Waals surface area contributed by atoms with E-state index in [2.05, 4.69) is 9.80 Å². The van der Waals surface area contributed by atoms with E-state index in [1.807, 2.05) is 0 Å². The number of nitrogens with zero attached hydrogens (tertiary/aromatic N) is 4. The first kappa shape index (κ1) is 22.7. The van der Waals surface area contributed by atoms with E-state index in [-0.39, 0.29) is 11.5 Å². The Hall–Kier alpha value is -1.46. The highest BCUT2D eigenvalue weighted by molar-refractivity contribution is 7.86. The fraction of sp³-hybridized carbons (Fsp3) is 0.762. The highest BCUT2D eigenvalue weighted by atomic mass is 32.2. The predicted octanol–water partition coefficient (Wildman–Crippen LogP) is 1.18. The first-order valence-electron chi connectivity index (χ1n) is 11.5. The average molecular weight is 455 g/mol. The van der Waals surface area contributed by atoms with Crippen LogP contribution >= 0.6 is 0 Å². The Morgan fingerprint density at radius 2 is 1.35 bits per heavy atom. The lowest BCUT2D eigenvalue weighted by Crippen LogP contribution is -2.44. The SMILES string of the molecule is O=c1cc(CN2CCCCC2)oc(CN2CCCN(S(=O)(=O)N3CCCC3)CC2)c1O. The van der Waals surface area contributed by atoms with Crippen LogP contribution in [0.5, 0.6) is 5.75 Å². The Balaban J connectivity index is 1.41. The van der Waals surface area contributed by atoms with E-state index in [1.165, 1.54) is 12.5 Å². The van der Waals surface area contributed by atoms with Crippen molar-refractivity contribution < 1.29 is 17.9 Å². The van der Waals surface area contributed by atoms with Gasteiger partial charge in [0.25, 0.3) is 10.2 Å². The van der Waals surface area contributed by atoms with Crippen molar-refractivity contribution in [2.45, 2.75) is 51.6 Å². The number of aromatic hydroxyl groups is 1. The standard InChI is InChI=1S/C21H34N4O5S/c26-19-15-18(16-22-7-2-1-3-8-22)30-20(21(19)27)17-23-9-6-12-25(14-13-23)31(28,29)24-10-4-5-11-24/h15,27H,1-14,16-17H2. The van der Waals surface area contributed by atoms with Crippen molar-refractivity contribution in [1.82, 2.24) is 18.4 Å². The first-order valence-corrected chi connectivity index (χ1v) is 12.9. The minimum absolute atomic E-state index is 0.273. The first-order chi connectivity index (χ1) is 14.9. The van der Waals surface area contributed by atoms with E-state index in [1.54, 1.807) is 8.61 Å². The molecule has 1 aromatic rings. The molecule has 4 rings (SSSR count). The third-order valence-electron chi connectivity index (χ3n) is 6.50. The molecule has 1 N–H and O–H groups in total. The van der Waals surface area contributed by atoms with E-state index < -0.39 is 15.6 Å². The van der Waals surface area contributed by atoms with Crippen LogP contribution in [0.3, 0.4) is 0 Å². The van der Waals surface area contributed by atoms with Crippen molar-refractivity contribution >= 4 is 10.2 Å². The van der Waals surface area contributed by atoms with Gasteiger partial charge in [-0.3, -0.25) is 14.6 Å². The zero-order valence-corrected chi connectivity index (χ0v) is 19.0. The van der Waals surface area contributed by atoms with Gasteiger partial charge in [0.1, 0.15) is 5.76 Å². The predicted molar refractivity (Wildman–Crippen MR) is 117 cm³/mol. The fourth-order valence-electron chi connectivity index (χ4n) is 4.73. The summed E-state index contributed by atoms with van der Waals surface area (Å²) in [5, 5.41) is 10.3. The zero-order chi connectivity index (χ0) is 21.8. The summed E-state index contributed by atoms with van der Waals surface area (Å²) in [7, 11) is -3.41. The molecule has 0 bridgehead atoms. The van der Waals surface area contributed by atoms with E-state index >= 15 is 0 Å². The summed E-state index contributed by atoms with van der Waals surface area (Å²) in [5.74, 6) is 0.510. The van der Waals surface area contributed by atoms with Gasteiger partial charge in [-0.15, -0.1) is 0 Å². The molecule has 0 spiro atoms. The van der Waals surface area contributed by atoms with Crippen molar-refractivity contribution in [2.75, 3.05) is 52.4 Å². The third kappa shape index (κ3) is 5.48. The molecule has 174 valence electrons. The second-order valence-corrected chi connectivity index (χ2v) is 10.8. The Morgan fingerprint density at radius 3 is 2.10 bits per heavy atom. The van der Waals surface area contributed by atoms with Gasteiger partial charge < -0.3 is 9.52 Å². The van der Waals surface area contributed by atoms with Gasteiger partial charge in [-0.25, -0.2) is 0 Å². The summed E-state index contributed by atoms with van der Waals surface area (Å²) >= 11 is 0. The molecule has 9 nitrogen and oxygen atoms in total. The van der Waals surface area contributed by atoms with Gasteiger partial charge in [0.15, 0.2) is 5.76 Å². The Bertz CT molecular complexity index is 907. The van der Waals surface area contributed by atoms with E-state index in [0.29, 0.717) is 64.5 Å². The van der Waals surface area contributed by atoms with Gasteiger partial charge >= 0.3 is 0 Å². The second-order valence-electron chi connectivity index (χ2n) is 8.83. The minimum Gasteiger partial charge on any atom is -0.502 e. The van der Waals surface area contributed by atoms with Crippen molar-refractivity contribution in [3.05, 3.63) is 27.8 Å². The lowest BCUT2D eigenvalue weighted by molar-refractivity contribution is 0.191. The third-order valence-corrected chi connectivity index (χ3v) is 8.54. The fourth-order valence-corrected chi connectivity index (χ4v) is 6.45. The lowest BCUT2D eigenvalue weighted by Gasteiger charge is -2.26. The largest absolute Gasteiger partial charge is 0.502 e. The Morgan fingerprint density at radius 1 is 0.774 bits per heavy atom. The van der Waals surface area contributed by atoms with E-state index in [4.69, 9.17) is 4.42 Å². The average Bonchev–Trinajstić information content (AvgIpc) is 3.20. The monoisotopic (exact) mass is 454 g/mol. The molecule has 3 saturated heterocycles. The van der Waals surface area contributed by atoms with Gasteiger partial charge in [0, 0.05) is 38.8 Å². The van der Waals surface area contributed by atoms with Crippen molar-refractivity contribution in [1.29, 1.82) is 0 Å². The Kier molecular flexibility index (Phi) is 7.33. The number of hydrogen-bond acceptors (Lipinski definition) is 7.